The van der Waals surface area contributed by atoms with Gasteiger partial charge in [0.2, 0.25) is 5.91 Å². The van der Waals surface area contributed by atoms with E-state index in [4.69, 9.17) is 0 Å². The van der Waals surface area contributed by atoms with Crippen LogP contribution < -0.4 is 0 Å². The molecule has 1 aliphatic heterocycles. The van der Waals surface area contributed by atoms with Crippen LogP contribution in [0.4, 0.5) is 0 Å². The van der Waals surface area contributed by atoms with E-state index in [1.54, 1.807) is 18.7 Å². The highest BCUT2D eigenvalue weighted by molar-refractivity contribution is 5.78. The molecular formula is C11H21NO3. The summed E-state index contributed by atoms with van der Waals surface area (Å²) in [6.07, 6.45) is 1.75. The van der Waals surface area contributed by atoms with Gasteiger partial charge in [-0.05, 0) is 33.1 Å². The summed E-state index contributed by atoms with van der Waals surface area (Å²) in [5.74, 6) is 0.154. The van der Waals surface area contributed by atoms with Gasteiger partial charge < -0.3 is 15.1 Å². The zero-order valence-corrected chi connectivity index (χ0v) is 9.52. The van der Waals surface area contributed by atoms with Crippen LogP contribution in [0.1, 0.15) is 39.5 Å². The quantitative estimate of drug-likeness (QED) is 0.703. The molecule has 1 heterocycles. The molecule has 1 saturated heterocycles. The Bertz CT molecular complexity index is 206. The zero-order valence-electron chi connectivity index (χ0n) is 9.52. The molecule has 2 unspecified atom stereocenters. The lowest BCUT2D eigenvalue weighted by Gasteiger charge is -2.29. The Morgan fingerprint density at radius 3 is 2.13 bits per heavy atom. The largest absolute Gasteiger partial charge is 0.393 e. The molecule has 4 heteroatoms. The monoisotopic (exact) mass is 215 g/mol. The third-order valence-electron chi connectivity index (χ3n) is 2.78. The first-order chi connectivity index (χ1) is 7.00. The van der Waals surface area contributed by atoms with Gasteiger partial charge in [-0.1, -0.05) is 0 Å². The summed E-state index contributed by atoms with van der Waals surface area (Å²) in [5.41, 5.74) is 0. The van der Waals surface area contributed by atoms with Crippen LogP contribution in [0, 0.1) is 0 Å². The molecule has 1 amide bonds. The van der Waals surface area contributed by atoms with Crippen molar-refractivity contribution >= 4 is 5.91 Å². The molecular weight excluding hydrogens is 194 g/mol. The van der Waals surface area contributed by atoms with Crippen LogP contribution in [0.25, 0.3) is 0 Å². The summed E-state index contributed by atoms with van der Waals surface area (Å²) in [5, 5.41) is 18.7. The van der Waals surface area contributed by atoms with Gasteiger partial charge in [0.1, 0.15) is 0 Å². The van der Waals surface area contributed by atoms with Gasteiger partial charge in [-0.15, -0.1) is 0 Å². The molecule has 1 aliphatic rings. The maximum Gasteiger partial charge on any atom is 0.222 e. The lowest BCUT2D eigenvalue weighted by Crippen LogP contribution is -2.40. The van der Waals surface area contributed by atoms with Crippen LogP contribution in [0.2, 0.25) is 0 Å². The molecule has 0 aromatic carbocycles. The fourth-order valence-corrected chi connectivity index (χ4v) is 2.19. The third-order valence-corrected chi connectivity index (χ3v) is 2.78. The summed E-state index contributed by atoms with van der Waals surface area (Å²) in [6, 6.07) is -0.0139. The van der Waals surface area contributed by atoms with E-state index >= 15 is 0 Å². The van der Waals surface area contributed by atoms with Crippen LogP contribution in [0.3, 0.4) is 0 Å². The molecule has 4 nitrogen and oxygen atoms in total. The van der Waals surface area contributed by atoms with Crippen LogP contribution >= 0.6 is 0 Å². The molecule has 1 fully saturated rings. The number of carbonyl (C=O) groups is 1. The SMILES string of the molecule is CC(O)CC(CC(C)O)N1CCCC1=O. The van der Waals surface area contributed by atoms with Crippen molar-refractivity contribution in [3.8, 4) is 0 Å². The van der Waals surface area contributed by atoms with E-state index in [1.807, 2.05) is 0 Å². The number of amides is 1. The highest BCUT2D eigenvalue weighted by Gasteiger charge is 2.29. The second-order valence-corrected chi connectivity index (χ2v) is 4.51. The number of rotatable bonds is 5. The highest BCUT2D eigenvalue weighted by Crippen LogP contribution is 2.20. The van der Waals surface area contributed by atoms with E-state index in [1.165, 1.54) is 0 Å². The van der Waals surface area contributed by atoms with Crippen molar-refractivity contribution < 1.29 is 15.0 Å². The van der Waals surface area contributed by atoms with E-state index in [-0.39, 0.29) is 11.9 Å². The Morgan fingerprint density at radius 2 is 1.80 bits per heavy atom. The minimum atomic E-state index is -0.429. The second-order valence-electron chi connectivity index (χ2n) is 4.51. The van der Waals surface area contributed by atoms with E-state index in [0.717, 1.165) is 13.0 Å². The number of nitrogens with zero attached hydrogens (tertiary/aromatic N) is 1. The summed E-state index contributed by atoms with van der Waals surface area (Å²) >= 11 is 0. The normalized spacial score (nSPS) is 22.9. The Kier molecular flexibility index (Phi) is 4.54. The van der Waals surface area contributed by atoms with Crippen LogP contribution in [0.15, 0.2) is 0 Å². The summed E-state index contributed by atoms with van der Waals surface area (Å²) in [7, 11) is 0. The minimum Gasteiger partial charge on any atom is -0.393 e. The predicted octanol–water partition coefficient (Wildman–Crippen LogP) is 0.519. The molecule has 0 spiro atoms. The van der Waals surface area contributed by atoms with Gasteiger partial charge in [0.15, 0.2) is 0 Å². The fraction of sp³-hybridized carbons (Fsp3) is 0.909. The maximum absolute atomic E-state index is 11.5. The Balaban J connectivity index is 2.57. The smallest absolute Gasteiger partial charge is 0.222 e. The van der Waals surface area contributed by atoms with Gasteiger partial charge in [0.05, 0.1) is 12.2 Å². The molecule has 2 atom stereocenters. The molecule has 88 valence electrons. The minimum absolute atomic E-state index is 0.0139. The molecule has 2 N–H and O–H groups in total. The maximum atomic E-state index is 11.5. The van der Waals surface area contributed by atoms with Crippen molar-refractivity contribution in [2.75, 3.05) is 6.54 Å². The van der Waals surface area contributed by atoms with Crippen molar-refractivity contribution in [1.82, 2.24) is 4.90 Å². The Morgan fingerprint density at radius 1 is 1.27 bits per heavy atom. The molecule has 1 rings (SSSR count). The topological polar surface area (TPSA) is 60.8 Å². The lowest BCUT2D eigenvalue weighted by molar-refractivity contribution is -0.130. The average Bonchev–Trinajstić information content (AvgIpc) is 2.48. The van der Waals surface area contributed by atoms with Gasteiger partial charge >= 0.3 is 0 Å². The summed E-state index contributed by atoms with van der Waals surface area (Å²) in [6.45, 7) is 4.20. The number of hydrogen-bond donors (Lipinski definition) is 2. The highest BCUT2D eigenvalue weighted by atomic mass is 16.3. The van der Waals surface area contributed by atoms with Crippen molar-refractivity contribution in [2.24, 2.45) is 0 Å². The molecule has 15 heavy (non-hydrogen) atoms. The van der Waals surface area contributed by atoms with E-state index < -0.39 is 12.2 Å². The molecule has 0 saturated carbocycles. The third kappa shape index (κ3) is 3.80. The van der Waals surface area contributed by atoms with Gasteiger partial charge in [0.25, 0.3) is 0 Å². The first-order valence-corrected chi connectivity index (χ1v) is 5.66. The van der Waals surface area contributed by atoms with Crippen LogP contribution in [-0.4, -0.2) is 45.8 Å². The number of hydrogen-bond acceptors (Lipinski definition) is 3. The lowest BCUT2D eigenvalue weighted by atomic mass is 10.0. The van der Waals surface area contributed by atoms with Crippen LogP contribution in [-0.2, 0) is 4.79 Å². The van der Waals surface area contributed by atoms with Crippen molar-refractivity contribution in [2.45, 2.75) is 57.8 Å². The molecule has 0 bridgehead atoms. The van der Waals surface area contributed by atoms with Gasteiger partial charge in [-0.25, -0.2) is 0 Å². The number of carbonyl (C=O) groups excluding carboxylic acids is 1. The molecule has 0 aromatic rings. The number of likely N-dealkylation sites (tertiary alicyclic amines) is 1. The van der Waals surface area contributed by atoms with Gasteiger partial charge in [-0.3, -0.25) is 4.79 Å². The standard InChI is InChI=1S/C11H21NO3/c1-8(13)6-10(7-9(2)14)12-5-3-4-11(12)15/h8-10,13-14H,3-7H2,1-2H3. The van der Waals surface area contributed by atoms with Crippen molar-refractivity contribution in [3.63, 3.8) is 0 Å². The Hall–Kier alpha value is -0.610. The van der Waals surface area contributed by atoms with Crippen molar-refractivity contribution in [1.29, 1.82) is 0 Å². The first-order valence-electron chi connectivity index (χ1n) is 5.66. The van der Waals surface area contributed by atoms with Gasteiger partial charge in [-0.2, -0.15) is 0 Å². The number of aliphatic hydroxyl groups excluding tert-OH is 2. The predicted molar refractivity (Wildman–Crippen MR) is 57.3 cm³/mol. The second kappa shape index (κ2) is 5.47. The van der Waals surface area contributed by atoms with E-state index in [2.05, 4.69) is 0 Å². The molecule has 0 aliphatic carbocycles. The summed E-state index contributed by atoms with van der Waals surface area (Å²) < 4.78 is 0. The van der Waals surface area contributed by atoms with Crippen LogP contribution in [0.5, 0.6) is 0 Å². The summed E-state index contributed by atoms with van der Waals surface area (Å²) in [4.78, 5) is 13.3. The van der Waals surface area contributed by atoms with Gasteiger partial charge in [0, 0.05) is 19.0 Å². The van der Waals surface area contributed by atoms with E-state index in [9.17, 15) is 15.0 Å². The average molecular weight is 215 g/mol. The Labute approximate surface area is 90.9 Å². The first kappa shape index (κ1) is 12.5. The zero-order chi connectivity index (χ0) is 11.4. The molecule has 0 radical (unpaired) electrons. The molecule has 0 aromatic heterocycles. The fourth-order valence-electron chi connectivity index (χ4n) is 2.19. The van der Waals surface area contributed by atoms with Crippen molar-refractivity contribution in [3.05, 3.63) is 0 Å². The number of aliphatic hydroxyl groups is 2. The van der Waals surface area contributed by atoms with E-state index in [0.29, 0.717) is 19.3 Å².